The van der Waals surface area contributed by atoms with Gasteiger partial charge in [0.05, 0.1) is 17.1 Å². The van der Waals surface area contributed by atoms with Gasteiger partial charge in [-0.15, -0.1) is 5.10 Å². The Hall–Kier alpha value is -2.33. The van der Waals surface area contributed by atoms with Crippen molar-refractivity contribution in [3.8, 4) is 5.69 Å². The fourth-order valence-electron chi connectivity index (χ4n) is 3.35. The summed E-state index contributed by atoms with van der Waals surface area (Å²) in [6.07, 6.45) is 2.18. The first kappa shape index (κ1) is 19.4. The van der Waals surface area contributed by atoms with Crippen LogP contribution in [0.1, 0.15) is 19.2 Å². The fourth-order valence-corrected chi connectivity index (χ4v) is 3.98. The van der Waals surface area contributed by atoms with Crippen molar-refractivity contribution in [2.75, 3.05) is 32.9 Å². The van der Waals surface area contributed by atoms with Crippen LogP contribution in [0.15, 0.2) is 29.2 Å². The number of likely N-dealkylation sites (tertiary alicyclic amines) is 1. The topological polar surface area (TPSA) is 101 Å². The second-order valence-electron chi connectivity index (χ2n) is 7.09. The number of rotatable bonds is 6. The summed E-state index contributed by atoms with van der Waals surface area (Å²) in [5.41, 5.74) is 0.708. The standard InChI is InChI=1S/C17H24N6O3S/c1-13(24)22-9-8-14(11-22)10-21(2)12-17-18-19-20-23(17)15-4-6-16(7-5-15)27(3,25)26/h4-7,14H,8-12H2,1-3H3/t14-/m0/s1. The van der Waals surface area contributed by atoms with Crippen LogP contribution in [-0.2, 0) is 21.2 Å². The second kappa shape index (κ2) is 7.73. The van der Waals surface area contributed by atoms with Gasteiger partial charge in [0, 0.05) is 32.8 Å². The third-order valence-electron chi connectivity index (χ3n) is 4.76. The minimum Gasteiger partial charge on any atom is -0.343 e. The number of hydrogen-bond acceptors (Lipinski definition) is 7. The highest BCUT2D eigenvalue weighted by Crippen LogP contribution is 2.18. The van der Waals surface area contributed by atoms with Crippen LogP contribution in [0.25, 0.3) is 5.69 Å². The van der Waals surface area contributed by atoms with Gasteiger partial charge >= 0.3 is 0 Å². The lowest BCUT2D eigenvalue weighted by molar-refractivity contribution is -0.127. The Labute approximate surface area is 158 Å². The third-order valence-corrected chi connectivity index (χ3v) is 5.88. The van der Waals surface area contributed by atoms with E-state index in [-0.39, 0.29) is 10.8 Å². The third kappa shape index (κ3) is 4.69. The molecule has 1 saturated heterocycles. The molecule has 0 unspecified atom stereocenters. The maximum atomic E-state index is 11.6. The van der Waals surface area contributed by atoms with E-state index in [1.807, 2.05) is 11.9 Å². The quantitative estimate of drug-likeness (QED) is 0.700. The first-order valence-electron chi connectivity index (χ1n) is 8.76. The molecule has 2 aromatic rings. The van der Waals surface area contributed by atoms with Gasteiger partial charge in [-0.25, -0.2) is 8.42 Å². The molecular weight excluding hydrogens is 368 g/mol. The van der Waals surface area contributed by atoms with Crippen molar-refractivity contribution in [3.05, 3.63) is 30.1 Å². The van der Waals surface area contributed by atoms with Crippen LogP contribution < -0.4 is 0 Å². The number of aromatic nitrogens is 4. The average molecular weight is 392 g/mol. The number of hydrogen-bond donors (Lipinski definition) is 0. The maximum Gasteiger partial charge on any atom is 0.219 e. The lowest BCUT2D eigenvalue weighted by Crippen LogP contribution is -2.30. The van der Waals surface area contributed by atoms with E-state index in [2.05, 4.69) is 20.4 Å². The Morgan fingerprint density at radius 2 is 2.00 bits per heavy atom. The van der Waals surface area contributed by atoms with E-state index in [0.29, 0.717) is 24.0 Å². The second-order valence-corrected chi connectivity index (χ2v) is 9.11. The van der Waals surface area contributed by atoms with Gasteiger partial charge in [-0.1, -0.05) is 0 Å². The van der Waals surface area contributed by atoms with Crippen molar-refractivity contribution in [1.29, 1.82) is 0 Å². The molecule has 9 nitrogen and oxygen atoms in total. The summed E-state index contributed by atoms with van der Waals surface area (Å²) in [6.45, 7) is 4.62. The molecule has 0 spiro atoms. The highest BCUT2D eigenvalue weighted by Gasteiger charge is 2.25. The van der Waals surface area contributed by atoms with Crippen LogP contribution in [-0.4, -0.2) is 77.3 Å². The van der Waals surface area contributed by atoms with Gasteiger partial charge in [0.2, 0.25) is 5.91 Å². The number of carbonyl (C=O) groups excluding carboxylic acids is 1. The largest absolute Gasteiger partial charge is 0.343 e. The molecule has 146 valence electrons. The van der Waals surface area contributed by atoms with Gasteiger partial charge in [-0.2, -0.15) is 4.68 Å². The molecule has 1 amide bonds. The molecule has 2 heterocycles. The Morgan fingerprint density at radius 3 is 2.59 bits per heavy atom. The number of nitrogens with zero attached hydrogens (tertiary/aromatic N) is 6. The minimum atomic E-state index is -3.24. The van der Waals surface area contributed by atoms with Gasteiger partial charge in [0.1, 0.15) is 0 Å². The van der Waals surface area contributed by atoms with Gasteiger partial charge in [-0.3, -0.25) is 9.69 Å². The van der Waals surface area contributed by atoms with Crippen molar-refractivity contribution in [2.45, 2.75) is 24.8 Å². The molecular formula is C17H24N6O3S. The van der Waals surface area contributed by atoms with Crippen molar-refractivity contribution in [1.82, 2.24) is 30.0 Å². The highest BCUT2D eigenvalue weighted by atomic mass is 32.2. The molecule has 0 N–H and O–H groups in total. The number of sulfone groups is 1. The highest BCUT2D eigenvalue weighted by molar-refractivity contribution is 7.90. The summed E-state index contributed by atoms with van der Waals surface area (Å²) >= 11 is 0. The molecule has 1 atom stereocenters. The van der Waals surface area contributed by atoms with E-state index >= 15 is 0 Å². The maximum absolute atomic E-state index is 11.6. The summed E-state index contributed by atoms with van der Waals surface area (Å²) in [5.74, 6) is 1.24. The average Bonchev–Trinajstić information content (AvgIpc) is 3.23. The van der Waals surface area contributed by atoms with Crippen LogP contribution in [0.3, 0.4) is 0 Å². The number of benzene rings is 1. The molecule has 0 radical (unpaired) electrons. The van der Waals surface area contributed by atoms with E-state index in [0.717, 1.165) is 26.1 Å². The van der Waals surface area contributed by atoms with Gasteiger partial charge in [0.25, 0.3) is 0 Å². The summed E-state index contributed by atoms with van der Waals surface area (Å²) in [4.78, 5) is 15.7. The Balaban J connectivity index is 1.66. The first-order valence-corrected chi connectivity index (χ1v) is 10.6. The zero-order valence-electron chi connectivity index (χ0n) is 15.7. The molecule has 1 aromatic heterocycles. The summed E-state index contributed by atoms with van der Waals surface area (Å²) in [7, 11) is -1.24. The normalized spacial score (nSPS) is 17.6. The van der Waals surface area contributed by atoms with Crippen LogP contribution in [0.2, 0.25) is 0 Å². The lowest BCUT2D eigenvalue weighted by atomic mass is 10.1. The monoisotopic (exact) mass is 392 g/mol. The van der Waals surface area contributed by atoms with Crippen molar-refractivity contribution in [2.24, 2.45) is 5.92 Å². The number of amides is 1. The predicted octanol–water partition coefficient (Wildman–Crippen LogP) is 0.366. The van der Waals surface area contributed by atoms with E-state index < -0.39 is 9.84 Å². The fraction of sp³-hybridized carbons (Fsp3) is 0.529. The van der Waals surface area contributed by atoms with Gasteiger partial charge in [0.15, 0.2) is 15.7 Å². The van der Waals surface area contributed by atoms with Crippen LogP contribution in [0.4, 0.5) is 0 Å². The lowest BCUT2D eigenvalue weighted by Gasteiger charge is -2.20. The van der Waals surface area contributed by atoms with Crippen LogP contribution >= 0.6 is 0 Å². The van der Waals surface area contributed by atoms with Crippen molar-refractivity contribution >= 4 is 15.7 Å². The predicted molar refractivity (Wildman–Crippen MR) is 99.0 cm³/mol. The Morgan fingerprint density at radius 1 is 1.30 bits per heavy atom. The van der Waals surface area contributed by atoms with Crippen LogP contribution in [0.5, 0.6) is 0 Å². The van der Waals surface area contributed by atoms with Gasteiger partial charge < -0.3 is 4.90 Å². The van der Waals surface area contributed by atoms with Crippen molar-refractivity contribution < 1.29 is 13.2 Å². The molecule has 0 saturated carbocycles. The zero-order valence-corrected chi connectivity index (χ0v) is 16.6. The molecule has 1 aromatic carbocycles. The molecule has 1 aliphatic rings. The zero-order chi connectivity index (χ0) is 19.6. The van der Waals surface area contributed by atoms with E-state index in [9.17, 15) is 13.2 Å². The number of tetrazole rings is 1. The number of carbonyl (C=O) groups is 1. The summed E-state index contributed by atoms with van der Waals surface area (Å²) in [6, 6.07) is 6.49. The van der Waals surface area contributed by atoms with E-state index in [4.69, 9.17) is 0 Å². The molecule has 10 heteroatoms. The molecule has 0 bridgehead atoms. The Kier molecular flexibility index (Phi) is 5.56. The minimum absolute atomic E-state index is 0.127. The summed E-state index contributed by atoms with van der Waals surface area (Å²) in [5, 5.41) is 11.9. The smallest absolute Gasteiger partial charge is 0.219 e. The molecule has 0 aliphatic carbocycles. The van der Waals surface area contributed by atoms with E-state index in [1.54, 1.807) is 35.9 Å². The van der Waals surface area contributed by atoms with Gasteiger partial charge in [-0.05, 0) is 54.1 Å². The molecule has 1 aliphatic heterocycles. The first-order chi connectivity index (χ1) is 12.7. The molecule has 1 fully saturated rings. The van der Waals surface area contributed by atoms with E-state index in [1.165, 1.54) is 6.26 Å². The summed E-state index contributed by atoms with van der Waals surface area (Å²) < 4.78 is 24.8. The Bertz CT molecular complexity index is 909. The molecule has 27 heavy (non-hydrogen) atoms. The van der Waals surface area contributed by atoms with Crippen LogP contribution in [0, 0.1) is 5.92 Å². The van der Waals surface area contributed by atoms with Crippen molar-refractivity contribution in [3.63, 3.8) is 0 Å². The SMILES string of the molecule is CC(=O)N1CC[C@@H](CN(C)Cc2nnnn2-c2ccc(S(C)(=O)=O)cc2)C1. The molecule has 3 rings (SSSR count).